The molecule has 1 aromatic carbocycles. The molecule has 0 unspecified atom stereocenters. The van der Waals surface area contributed by atoms with Gasteiger partial charge in [0.05, 0.1) is 5.69 Å². The number of rotatable bonds is 1. The third-order valence-corrected chi connectivity index (χ3v) is 4.54. The Morgan fingerprint density at radius 3 is 3.00 bits per heavy atom. The second-order valence-corrected chi connectivity index (χ2v) is 5.88. The van der Waals surface area contributed by atoms with Crippen molar-refractivity contribution in [3.63, 3.8) is 0 Å². The molecule has 0 spiro atoms. The average molecular weight is 281 g/mol. The molecule has 2 aliphatic rings. The van der Waals surface area contributed by atoms with Gasteiger partial charge < -0.3 is 9.64 Å². The van der Waals surface area contributed by atoms with Crippen LogP contribution in [0, 0.1) is 0 Å². The Morgan fingerprint density at radius 2 is 2.14 bits per heavy atom. The fraction of sp³-hybridized carbons (Fsp3) is 0.412. The molecule has 4 rings (SSSR count). The summed E-state index contributed by atoms with van der Waals surface area (Å²) < 4.78 is 5.91. The van der Waals surface area contributed by atoms with E-state index in [1.165, 1.54) is 24.0 Å². The van der Waals surface area contributed by atoms with E-state index >= 15 is 0 Å². The zero-order valence-corrected chi connectivity index (χ0v) is 12.2. The monoisotopic (exact) mass is 281 g/mol. The van der Waals surface area contributed by atoms with Crippen LogP contribution in [0.15, 0.2) is 30.6 Å². The van der Waals surface area contributed by atoms with Gasteiger partial charge in [-0.05, 0) is 31.4 Å². The maximum Gasteiger partial charge on any atom is 0.136 e. The molecule has 0 bridgehead atoms. The highest BCUT2D eigenvalue weighted by Gasteiger charge is 2.27. The van der Waals surface area contributed by atoms with Gasteiger partial charge in [-0.15, -0.1) is 0 Å². The van der Waals surface area contributed by atoms with Crippen LogP contribution >= 0.6 is 0 Å². The van der Waals surface area contributed by atoms with E-state index in [-0.39, 0.29) is 0 Å². The molecule has 1 saturated heterocycles. The van der Waals surface area contributed by atoms with Gasteiger partial charge in [-0.3, -0.25) is 0 Å². The minimum Gasteiger partial charge on any atom is -0.487 e. The number of para-hydroxylation sites is 1. The van der Waals surface area contributed by atoms with E-state index < -0.39 is 0 Å². The van der Waals surface area contributed by atoms with Crippen molar-refractivity contribution >= 4 is 5.82 Å². The third kappa shape index (κ3) is 2.15. The van der Waals surface area contributed by atoms with Crippen LogP contribution in [-0.2, 0) is 13.0 Å². The number of anilines is 1. The molecule has 1 fully saturated rings. The molecule has 2 aromatic rings. The van der Waals surface area contributed by atoms with Crippen LogP contribution in [0.1, 0.15) is 36.6 Å². The van der Waals surface area contributed by atoms with Gasteiger partial charge in [0.15, 0.2) is 0 Å². The first kappa shape index (κ1) is 12.6. The summed E-state index contributed by atoms with van der Waals surface area (Å²) in [5.41, 5.74) is 3.48. The standard InChI is InChI=1S/C17H19N3O/c1-12-5-4-8-20(12)17-14-9-13-6-2-3-7-16(13)21-10-15(14)18-11-19-17/h2-3,6-7,11-12H,4-5,8-10H2,1H3/t12-/m1/s1. The lowest BCUT2D eigenvalue weighted by molar-refractivity contribution is 0.302. The summed E-state index contributed by atoms with van der Waals surface area (Å²) in [6, 6.07) is 8.81. The smallest absolute Gasteiger partial charge is 0.136 e. The number of ether oxygens (including phenoxy) is 1. The predicted octanol–water partition coefficient (Wildman–Crippen LogP) is 2.95. The number of hydrogen-bond donors (Lipinski definition) is 0. The molecular formula is C17H19N3O. The first-order chi connectivity index (χ1) is 10.3. The molecule has 21 heavy (non-hydrogen) atoms. The van der Waals surface area contributed by atoms with Gasteiger partial charge in [0, 0.05) is 24.6 Å². The number of fused-ring (bicyclic) bond motifs is 2. The summed E-state index contributed by atoms with van der Waals surface area (Å²) in [4.78, 5) is 11.5. The van der Waals surface area contributed by atoms with Crippen molar-refractivity contribution in [2.24, 2.45) is 0 Å². The Balaban J connectivity index is 1.80. The highest BCUT2D eigenvalue weighted by Crippen LogP contribution is 2.33. The van der Waals surface area contributed by atoms with Gasteiger partial charge in [0.1, 0.15) is 24.5 Å². The largest absolute Gasteiger partial charge is 0.487 e. The van der Waals surface area contributed by atoms with Gasteiger partial charge in [-0.2, -0.15) is 0 Å². The topological polar surface area (TPSA) is 38.2 Å². The quantitative estimate of drug-likeness (QED) is 0.805. The van der Waals surface area contributed by atoms with Crippen molar-refractivity contribution in [3.05, 3.63) is 47.4 Å². The summed E-state index contributed by atoms with van der Waals surface area (Å²) in [5.74, 6) is 2.07. The molecule has 1 atom stereocenters. The van der Waals surface area contributed by atoms with Crippen LogP contribution in [0.3, 0.4) is 0 Å². The fourth-order valence-corrected chi connectivity index (χ4v) is 3.37. The third-order valence-electron chi connectivity index (χ3n) is 4.54. The normalized spacial score (nSPS) is 20.4. The maximum absolute atomic E-state index is 5.91. The van der Waals surface area contributed by atoms with Crippen LogP contribution in [0.25, 0.3) is 0 Å². The van der Waals surface area contributed by atoms with Crippen LogP contribution in [0.5, 0.6) is 5.75 Å². The van der Waals surface area contributed by atoms with Gasteiger partial charge in [-0.1, -0.05) is 18.2 Å². The van der Waals surface area contributed by atoms with E-state index in [0.717, 1.165) is 30.2 Å². The minimum atomic E-state index is 0.532. The molecule has 108 valence electrons. The van der Waals surface area contributed by atoms with E-state index in [1.54, 1.807) is 6.33 Å². The summed E-state index contributed by atoms with van der Waals surface area (Å²) in [5, 5.41) is 0. The number of hydrogen-bond acceptors (Lipinski definition) is 4. The predicted molar refractivity (Wildman–Crippen MR) is 81.7 cm³/mol. The van der Waals surface area contributed by atoms with Gasteiger partial charge >= 0.3 is 0 Å². The van der Waals surface area contributed by atoms with E-state index in [0.29, 0.717) is 12.6 Å². The van der Waals surface area contributed by atoms with Gasteiger partial charge in [0.2, 0.25) is 0 Å². The Bertz CT molecular complexity index is 671. The second-order valence-electron chi connectivity index (χ2n) is 5.88. The summed E-state index contributed by atoms with van der Waals surface area (Å²) in [7, 11) is 0. The summed E-state index contributed by atoms with van der Waals surface area (Å²) in [6.07, 6.45) is 5.02. The van der Waals surface area contributed by atoms with E-state index in [2.05, 4.69) is 33.9 Å². The molecule has 3 heterocycles. The van der Waals surface area contributed by atoms with Crippen molar-refractivity contribution in [2.75, 3.05) is 11.4 Å². The Morgan fingerprint density at radius 1 is 1.24 bits per heavy atom. The van der Waals surface area contributed by atoms with E-state index in [1.807, 2.05) is 12.1 Å². The Labute approximate surface area is 124 Å². The summed E-state index contributed by atoms with van der Waals surface area (Å²) >= 11 is 0. The highest BCUT2D eigenvalue weighted by atomic mass is 16.5. The summed E-state index contributed by atoms with van der Waals surface area (Å²) in [6.45, 7) is 3.90. The van der Waals surface area contributed by atoms with Crippen molar-refractivity contribution in [1.29, 1.82) is 0 Å². The van der Waals surface area contributed by atoms with Crippen LogP contribution in [-0.4, -0.2) is 22.6 Å². The molecule has 0 radical (unpaired) electrons. The molecule has 1 aromatic heterocycles. The number of nitrogens with zero attached hydrogens (tertiary/aromatic N) is 3. The molecule has 2 aliphatic heterocycles. The zero-order chi connectivity index (χ0) is 14.2. The highest BCUT2D eigenvalue weighted by molar-refractivity contribution is 5.54. The molecule has 0 saturated carbocycles. The minimum absolute atomic E-state index is 0.532. The van der Waals surface area contributed by atoms with E-state index in [4.69, 9.17) is 4.74 Å². The van der Waals surface area contributed by atoms with Crippen LogP contribution in [0.4, 0.5) is 5.82 Å². The lowest BCUT2D eigenvalue weighted by Gasteiger charge is -2.25. The Kier molecular flexibility index (Phi) is 3.02. The first-order valence-electron chi connectivity index (χ1n) is 7.63. The molecule has 4 heteroatoms. The second kappa shape index (κ2) is 5.02. The van der Waals surface area contributed by atoms with Crippen molar-refractivity contribution in [3.8, 4) is 5.75 Å². The average Bonchev–Trinajstić information content (AvgIpc) is 2.83. The lowest BCUT2D eigenvalue weighted by Crippen LogP contribution is -2.29. The lowest BCUT2D eigenvalue weighted by atomic mass is 10.0. The molecular weight excluding hydrogens is 262 g/mol. The first-order valence-corrected chi connectivity index (χ1v) is 7.63. The van der Waals surface area contributed by atoms with Gasteiger partial charge in [-0.25, -0.2) is 9.97 Å². The zero-order valence-electron chi connectivity index (χ0n) is 12.2. The van der Waals surface area contributed by atoms with Crippen molar-refractivity contribution in [1.82, 2.24) is 9.97 Å². The van der Waals surface area contributed by atoms with Crippen LogP contribution in [0.2, 0.25) is 0 Å². The van der Waals surface area contributed by atoms with Crippen LogP contribution < -0.4 is 9.64 Å². The Hall–Kier alpha value is -2.10. The number of aromatic nitrogens is 2. The maximum atomic E-state index is 5.91. The molecule has 0 aliphatic carbocycles. The SMILES string of the molecule is C[C@@H]1CCCN1c1ncnc2c1Cc1ccccc1OC2. The fourth-order valence-electron chi connectivity index (χ4n) is 3.37. The molecule has 0 N–H and O–H groups in total. The molecule has 4 nitrogen and oxygen atoms in total. The molecule has 0 amide bonds. The van der Waals surface area contributed by atoms with Crippen molar-refractivity contribution in [2.45, 2.75) is 38.8 Å². The van der Waals surface area contributed by atoms with Gasteiger partial charge in [0.25, 0.3) is 0 Å². The van der Waals surface area contributed by atoms with Crippen molar-refractivity contribution < 1.29 is 4.74 Å². The number of benzene rings is 1. The van der Waals surface area contributed by atoms with E-state index in [9.17, 15) is 0 Å².